The van der Waals surface area contributed by atoms with Gasteiger partial charge in [0.2, 0.25) is 10.0 Å². The molecule has 3 heterocycles. The summed E-state index contributed by atoms with van der Waals surface area (Å²) in [5.41, 5.74) is 0.952. The van der Waals surface area contributed by atoms with Crippen molar-refractivity contribution in [2.75, 3.05) is 63.9 Å². The number of aromatic nitrogens is 2. The molecule has 10 heteroatoms. The first-order chi connectivity index (χ1) is 16.5. The van der Waals surface area contributed by atoms with E-state index in [4.69, 9.17) is 26.3 Å². The van der Waals surface area contributed by atoms with Crippen LogP contribution in [0, 0.1) is 0 Å². The highest BCUT2D eigenvalue weighted by Gasteiger charge is 2.28. The predicted molar refractivity (Wildman–Crippen MR) is 133 cm³/mol. The number of rotatable bonds is 6. The number of hydrogen-bond donors (Lipinski definition) is 0. The van der Waals surface area contributed by atoms with E-state index in [0.29, 0.717) is 50.8 Å². The fourth-order valence-electron chi connectivity index (χ4n) is 4.44. The second kappa shape index (κ2) is 10.1. The Kier molecular flexibility index (Phi) is 6.99. The van der Waals surface area contributed by atoms with Crippen molar-refractivity contribution in [1.82, 2.24) is 19.2 Å². The lowest BCUT2D eigenvalue weighted by Gasteiger charge is -2.34. The zero-order valence-electron chi connectivity index (χ0n) is 18.9. The summed E-state index contributed by atoms with van der Waals surface area (Å²) in [5, 5.41) is 1.59. The molecule has 0 unspecified atom stereocenters. The molecule has 3 aromatic rings. The third-order valence-electron chi connectivity index (χ3n) is 6.37. The smallest absolute Gasteiger partial charge is 0.243 e. The molecule has 8 nitrogen and oxygen atoms in total. The van der Waals surface area contributed by atoms with E-state index in [9.17, 15) is 8.42 Å². The molecule has 34 heavy (non-hydrogen) atoms. The van der Waals surface area contributed by atoms with Gasteiger partial charge in [-0.15, -0.1) is 0 Å². The highest BCUT2D eigenvalue weighted by Crippen LogP contribution is 2.25. The van der Waals surface area contributed by atoms with Crippen molar-refractivity contribution in [2.24, 2.45) is 0 Å². The van der Waals surface area contributed by atoms with Crippen molar-refractivity contribution in [3.63, 3.8) is 0 Å². The quantitative estimate of drug-likeness (QED) is 0.513. The summed E-state index contributed by atoms with van der Waals surface area (Å²) < 4.78 is 32.9. The van der Waals surface area contributed by atoms with Crippen LogP contribution in [0.4, 0.5) is 5.82 Å². The van der Waals surface area contributed by atoms with Crippen molar-refractivity contribution in [2.45, 2.75) is 11.3 Å². The van der Waals surface area contributed by atoms with E-state index in [2.05, 4.69) is 15.9 Å². The van der Waals surface area contributed by atoms with Crippen LogP contribution in [0.25, 0.3) is 10.9 Å². The lowest BCUT2D eigenvalue weighted by atomic mass is 10.2. The molecule has 2 aliphatic rings. The van der Waals surface area contributed by atoms with E-state index in [-0.39, 0.29) is 4.90 Å². The van der Waals surface area contributed by atoms with Crippen LogP contribution in [-0.4, -0.2) is 86.6 Å². The maximum atomic E-state index is 12.9. The van der Waals surface area contributed by atoms with E-state index in [1.807, 2.05) is 18.2 Å². The highest BCUT2D eigenvalue weighted by atomic mass is 35.5. The number of anilines is 1. The van der Waals surface area contributed by atoms with Gasteiger partial charge in [0, 0.05) is 62.6 Å². The number of sulfonamides is 1. The molecule has 0 radical (unpaired) electrons. The molecule has 2 fully saturated rings. The van der Waals surface area contributed by atoms with Gasteiger partial charge in [-0.1, -0.05) is 23.7 Å². The summed E-state index contributed by atoms with van der Waals surface area (Å²) in [7, 11) is -3.50. The van der Waals surface area contributed by atoms with Crippen LogP contribution in [0.3, 0.4) is 0 Å². The first-order valence-electron chi connectivity index (χ1n) is 11.6. The molecule has 0 amide bonds. The number of morpholine rings is 1. The molecule has 0 saturated carbocycles. The zero-order valence-corrected chi connectivity index (χ0v) is 20.5. The number of para-hydroxylation sites is 1. The fraction of sp³-hybridized carbons (Fsp3) is 0.417. The van der Waals surface area contributed by atoms with Crippen LogP contribution in [-0.2, 0) is 21.2 Å². The summed E-state index contributed by atoms with van der Waals surface area (Å²) in [6, 6.07) is 14.5. The van der Waals surface area contributed by atoms with Crippen LogP contribution in [0.2, 0.25) is 5.02 Å². The Morgan fingerprint density at radius 3 is 2.32 bits per heavy atom. The van der Waals surface area contributed by atoms with Crippen LogP contribution < -0.4 is 4.90 Å². The molecule has 2 aliphatic heterocycles. The second-order valence-corrected chi connectivity index (χ2v) is 10.9. The largest absolute Gasteiger partial charge is 0.378 e. The maximum Gasteiger partial charge on any atom is 0.243 e. The van der Waals surface area contributed by atoms with Gasteiger partial charge < -0.3 is 14.5 Å². The Hall–Kier alpha value is -2.30. The summed E-state index contributed by atoms with van der Waals surface area (Å²) in [6.45, 7) is 6.12. The van der Waals surface area contributed by atoms with Gasteiger partial charge in [-0.2, -0.15) is 4.31 Å². The van der Waals surface area contributed by atoms with Crippen molar-refractivity contribution in [3.05, 3.63) is 59.4 Å². The van der Waals surface area contributed by atoms with Gasteiger partial charge in [0.05, 0.1) is 23.6 Å². The van der Waals surface area contributed by atoms with E-state index in [1.165, 1.54) is 0 Å². The standard InChI is InChI=1S/C24H28ClN5O3S/c25-19-5-7-20(8-6-19)34(31,32)30-13-11-28(12-14-30)10-9-23-26-22-4-2-1-3-21(22)24(27-23)29-15-17-33-18-16-29/h1-8H,9-18H2. The van der Waals surface area contributed by atoms with E-state index < -0.39 is 10.0 Å². The molecule has 2 saturated heterocycles. The molecule has 1 aromatic heterocycles. The monoisotopic (exact) mass is 501 g/mol. The fourth-order valence-corrected chi connectivity index (χ4v) is 5.99. The molecular formula is C24H28ClN5O3S. The van der Waals surface area contributed by atoms with E-state index in [0.717, 1.165) is 42.2 Å². The number of hydrogen-bond acceptors (Lipinski definition) is 7. The first-order valence-corrected chi connectivity index (χ1v) is 13.4. The topological polar surface area (TPSA) is 78.9 Å². The average Bonchev–Trinajstić information content (AvgIpc) is 2.88. The van der Waals surface area contributed by atoms with Crippen molar-refractivity contribution in [3.8, 4) is 0 Å². The minimum Gasteiger partial charge on any atom is -0.378 e. The third-order valence-corrected chi connectivity index (χ3v) is 8.54. The Morgan fingerprint density at radius 1 is 0.882 bits per heavy atom. The molecular weight excluding hydrogens is 474 g/mol. The number of fused-ring (bicyclic) bond motifs is 1. The van der Waals surface area contributed by atoms with Gasteiger partial charge >= 0.3 is 0 Å². The normalized spacial score (nSPS) is 18.4. The molecule has 180 valence electrons. The van der Waals surface area contributed by atoms with Gasteiger partial charge in [0.15, 0.2) is 0 Å². The molecule has 5 rings (SSSR count). The zero-order chi connectivity index (χ0) is 23.5. The molecule has 0 N–H and O–H groups in total. The lowest BCUT2D eigenvalue weighted by molar-refractivity contribution is 0.122. The van der Waals surface area contributed by atoms with Gasteiger partial charge in [0.1, 0.15) is 11.6 Å². The van der Waals surface area contributed by atoms with Crippen molar-refractivity contribution in [1.29, 1.82) is 0 Å². The molecule has 0 spiro atoms. The lowest BCUT2D eigenvalue weighted by Crippen LogP contribution is -2.49. The van der Waals surface area contributed by atoms with Crippen molar-refractivity contribution < 1.29 is 13.2 Å². The minimum absolute atomic E-state index is 0.283. The summed E-state index contributed by atoms with van der Waals surface area (Å²) in [5.74, 6) is 1.79. The molecule has 0 bridgehead atoms. The SMILES string of the molecule is O=S(=O)(c1ccc(Cl)cc1)N1CCN(CCc2nc(N3CCOCC3)c3ccccc3n2)CC1. The number of ether oxygens (including phenoxy) is 1. The molecule has 0 aliphatic carbocycles. The van der Waals surface area contributed by atoms with E-state index in [1.54, 1.807) is 28.6 Å². The number of nitrogens with zero attached hydrogens (tertiary/aromatic N) is 5. The Labute approximate surface area is 205 Å². The molecule has 0 atom stereocenters. The highest BCUT2D eigenvalue weighted by molar-refractivity contribution is 7.89. The van der Waals surface area contributed by atoms with Crippen molar-refractivity contribution >= 4 is 38.3 Å². The minimum atomic E-state index is -3.50. The Balaban J connectivity index is 1.24. The van der Waals surface area contributed by atoms with Crippen LogP contribution in [0.15, 0.2) is 53.4 Å². The van der Waals surface area contributed by atoms with E-state index >= 15 is 0 Å². The van der Waals surface area contributed by atoms with Gasteiger partial charge in [-0.05, 0) is 36.4 Å². The second-order valence-electron chi connectivity index (χ2n) is 8.53. The average molecular weight is 502 g/mol. The van der Waals surface area contributed by atoms with Crippen LogP contribution in [0.1, 0.15) is 5.82 Å². The summed E-state index contributed by atoms with van der Waals surface area (Å²) in [4.78, 5) is 14.6. The van der Waals surface area contributed by atoms with Gasteiger partial charge in [0.25, 0.3) is 0 Å². The van der Waals surface area contributed by atoms with Gasteiger partial charge in [-0.25, -0.2) is 18.4 Å². The first kappa shape index (κ1) is 23.4. The molecule has 2 aromatic carbocycles. The Bertz CT molecular complexity index is 1240. The van der Waals surface area contributed by atoms with Crippen LogP contribution in [0.5, 0.6) is 0 Å². The van der Waals surface area contributed by atoms with Gasteiger partial charge in [-0.3, -0.25) is 0 Å². The third kappa shape index (κ3) is 5.04. The number of benzene rings is 2. The maximum absolute atomic E-state index is 12.9. The summed E-state index contributed by atoms with van der Waals surface area (Å²) >= 11 is 5.90. The number of halogens is 1. The summed E-state index contributed by atoms with van der Waals surface area (Å²) in [6.07, 6.45) is 0.714. The Morgan fingerprint density at radius 2 is 1.59 bits per heavy atom. The van der Waals surface area contributed by atoms with Crippen LogP contribution >= 0.6 is 11.6 Å². The predicted octanol–water partition coefficient (Wildman–Crippen LogP) is 2.67. The number of piperazine rings is 1.